The lowest BCUT2D eigenvalue weighted by Crippen LogP contribution is -2.23. The van der Waals surface area contributed by atoms with E-state index in [0.717, 1.165) is 19.3 Å². The summed E-state index contributed by atoms with van der Waals surface area (Å²) in [7, 11) is 0. The van der Waals surface area contributed by atoms with Gasteiger partial charge in [-0.25, -0.2) is 0 Å². The van der Waals surface area contributed by atoms with E-state index in [1.165, 1.54) is 0 Å². The molecule has 2 rings (SSSR count). The molecular formula is C6H11NO. The standard InChI is InChI=1S/C6H11NO/c7-6-2-4(6)1-5(8)3-6/h4-5,8H,1-3,7H2. The van der Waals surface area contributed by atoms with Crippen molar-refractivity contribution in [3.05, 3.63) is 0 Å². The lowest BCUT2D eigenvalue weighted by molar-refractivity contribution is 0.166. The SMILES string of the molecule is NC12CC(O)CC1C2. The molecule has 2 fully saturated rings. The minimum Gasteiger partial charge on any atom is -0.393 e. The lowest BCUT2D eigenvalue weighted by Gasteiger charge is -2.04. The first-order chi connectivity index (χ1) is 3.71. The summed E-state index contributed by atoms with van der Waals surface area (Å²) >= 11 is 0. The van der Waals surface area contributed by atoms with Crippen molar-refractivity contribution in [2.24, 2.45) is 11.7 Å². The second-order valence-electron chi connectivity index (χ2n) is 3.23. The molecule has 2 heteroatoms. The predicted octanol–water partition coefficient (Wildman–Crippen LogP) is -0.142. The molecule has 2 saturated carbocycles. The van der Waals surface area contributed by atoms with E-state index >= 15 is 0 Å². The van der Waals surface area contributed by atoms with E-state index < -0.39 is 0 Å². The third-order valence-corrected chi connectivity index (χ3v) is 2.45. The molecule has 3 atom stereocenters. The quantitative estimate of drug-likeness (QED) is 0.459. The predicted molar refractivity (Wildman–Crippen MR) is 30.3 cm³/mol. The van der Waals surface area contributed by atoms with Crippen LogP contribution in [0.3, 0.4) is 0 Å². The number of hydrogen-bond donors (Lipinski definition) is 2. The molecule has 0 heterocycles. The van der Waals surface area contributed by atoms with Crippen LogP contribution in [0.1, 0.15) is 19.3 Å². The molecule has 2 nitrogen and oxygen atoms in total. The van der Waals surface area contributed by atoms with Crippen LogP contribution in [-0.4, -0.2) is 16.7 Å². The van der Waals surface area contributed by atoms with Crippen molar-refractivity contribution >= 4 is 0 Å². The van der Waals surface area contributed by atoms with E-state index in [2.05, 4.69) is 0 Å². The Balaban J connectivity index is 2.10. The van der Waals surface area contributed by atoms with Gasteiger partial charge in [-0.1, -0.05) is 0 Å². The third kappa shape index (κ3) is 0.446. The molecule has 8 heavy (non-hydrogen) atoms. The molecule has 2 aliphatic rings. The van der Waals surface area contributed by atoms with Gasteiger partial charge in [-0.05, 0) is 25.2 Å². The van der Waals surface area contributed by atoms with Crippen molar-refractivity contribution in [1.29, 1.82) is 0 Å². The first-order valence-corrected chi connectivity index (χ1v) is 3.18. The Hall–Kier alpha value is -0.0800. The Morgan fingerprint density at radius 3 is 2.50 bits per heavy atom. The van der Waals surface area contributed by atoms with Gasteiger partial charge in [-0.2, -0.15) is 0 Å². The van der Waals surface area contributed by atoms with Crippen LogP contribution in [0.15, 0.2) is 0 Å². The third-order valence-electron chi connectivity index (χ3n) is 2.45. The zero-order valence-corrected chi connectivity index (χ0v) is 4.80. The Kier molecular flexibility index (Phi) is 0.649. The van der Waals surface area contributed by atoms with E-state index in [0.29, 0.717) is 5.92 Å². The van der Waals surface area contributed by atoms with E-state index in [4.69, 9.17) is 10.8 Å². The summed E-state index contributed by atoms with van der Waals surface area (Å²) in [6.07, 6.45) is 2.87. The summed E-state index contributed by atoms with van der Waals surface area (Å²) in [5, 5.41) is 9.02. The van der Waals surface area contributed by atoms with Crippen molar-refractivity contribution < 1.29 is 5.11 Å². The van der Waals surface area contributed by atoms with Gasteiger partial charge in [0.25, 0.3) is 0 Å². The highest BCUT2D eigenvalue weighted by Gasteiger charge is 2.57. The van der Waals surface area contributed by atoms with E-state index in [1.807, 2.05) is 0 Å². The summed E-state index contributed by atoms with van der Waals surface area (Å²) in [4.78, 5) is 0. The lowest BCUT2D eigenvalue weighted by atomic mass is 10.2. The average Bonchev–Trinajstić information content (AvgIpc) is 2.07. The van der Waals surface area contributed by atoms with Gasteiger partial charge in [0.15, 0.2) is 0 Å². The molecule has 3 unspecified atom stereocenters. The zero-order chi connectivity index (χ0) is 5.78. The van der Waals surface area contributed by atoms with Gasteiger partial charge in [-0.15, -0.1) is 0 Å². The first-order valence-electron chi connectivity index (χ1n) is 3.18. The molecule has 3 N–H and O–H groups in total. The Labute approximate surface area is 48.7 Å². The molecular weight excluding hydrogens is 102 g/mol. The number of aliphatic hydroxyl groups is 1. The van der Waals surface area contributed by atoms with Crippen LogP contribution >= 0.6 is 0 Å². The molecule has 0 amide bonds. The van der Waals surface area contributed by atoms with Crippen molar-refractivity contribution in [1.82, 2.24) is 0 Å². The molecule has 0 saturated heterocycles. The Morgan fingerprint density at radius 2 is 2.25 bits per heavy atom. The Morgan fingerprint density at radius 1 is 1.50 bits per heavy atom. The fourth-order valence-electron chi connectivity index (χ4n) is 1.82. The van der Waals surface area contributed by atoms with Crippen LogP contribution in [0.25, 0.3) is 0 Å². The van der Waals surface area contributed by atoms with Crippen LogP contribution in [0.2, 0.25) is 0 Å². The summed E-state index contributed by atoms with van der Waals surface area (Å²) in [5.74, 6) is 0.664. The van der Waals surface area contributed by atoms with Crippen LogP contribution in [0, 0.1) is 5.92 Å². The van der Waals surface area contributed by atoms with Crippen molar-refractivity contribution in [2.75, 3.05) is 0 Å². The Bertz CT molecular complexity index is 126. The minimum absolute atomic E-state index is 0.0828. The average molecular weight is 113 g/mol. The highest BCUT2D eigenvalue weighted by molar-refractivity contribution is 5.14. The normalized spacial score (nSPS) is 60.8. The molecule has 0 spiro atoms. The van der Waals surface area contributed by atoms with Gasteiger partial charge in [0.2, 0.25) is 0 Å². The second kappa shape index (κ2) is 1.09. The smallest absolute Gasteiger partial charge is 0.0561 e. The van der Waals surface area contributed by atoms with Crippen molar-refractivity contribution in [3.8, 4) is 0 Å². The molecule has 0 aromatic rings. The summed E-state index contributed by atoms with van der Waals surface area (Å²) in [6.45, 7) is 0. The second-order valence-corrected chi connectivity index (χ2v) is 3.23. The van der Waals surface area contributed by atoms with Crippen LogP contribution in [0.4, 0.5) is 0 Å². The molecule has 0 aromatic heterocycles. The summed E-state index contributed by atoms with van der Waals surface area (Å²) < 4.78 is 0. The maximum atomic E-state index is 9.02. The minimum atomic E-state index is -0.0845. The highest BCUT2D eigenvalue weighted by atomic mass is 16.3. The fourth-order valence-corrected chi connectivity index (χ4v) is 1.82. The number of rotatable bonds is 0. The van der Waals surface area contributed by atoms with E-state index in [9.17, 15) is 0 Å². The topological polar surface area (TPSA) is 46.2 Å². The summed E-state index contributed by atoms with van der Waals surface area (Å²) in [5.41, 5.74) is 5.87. The monoisotopic (exact) mass is 113 g/mol. The van der Waals surface area contributed by atoms with Crippen LogP contribution in [-0.2, 0) is 0 Å². The number of nitrogens with two attached hydrogens (primary N) is 1. The van der Waals surface area contributed by atoms with Gasteiger partial charge >= 0.3 is 0 Å². The molecule has 2 aliphatic carbocycles. The van der Waals surface area contributed by atoms with Crippen molar-refractivity contribution in [2.45, 2.75) is 30.9 Å². The molecule has 0 bridgehead atoms. The molecule has 0 aliphatic heterocycles. The van der Waals surface area contributed by atoms with Crippen molar-refractivity contribution in [3.63, 3.8) is 0 Å². The van der Waals surface area contributed by atoms with Gasteiger partial charge < -0.3 is 10.8 Å². The van der Waals surface area contributed by atoms with E-state index in [1.54, 1.807) is 0 Å². The maximum absolute atomic E-state index is 9.02. The molecule has 46 valence electrons. The van der Waals surface area contributed by atoms with E-state index in [-0.39, 0.29) is 11.6 Å². The first kappa shape index (κ1) is 4.77. The van der Waals surface area contributed by atoms with Gasteiger partial charge in [0.05, 0.1) is 6.10 Å². The maximum Gasteiger partial charge on any atom is 0.0561 e. The molecule has 0 aromatic carbocycles. The van der Waals surface area contributed by atoms with Crippen LogP contribution in [0.5, 0.6) is 0 Å². The zero-order valence-electron chi connectivity index (χ0n) is 4.80. The largest absolute Gasteiger partial charge is 0.393 e. The summed E-state index contributed by atoms with van der Waals surface area (Å²) in [6, 6.07) is 0. The molecule has 0 radical (unpaired) electrons. The van der Waals surface area contributed by atoms with Gasteiger partial charge in [0.1, 0.15) is 0 Å². The number of fused-ring (bicyclic) bond motifs is 1. The number of hydrogen-bond acceptors (Lipinski definition) is 2. The van der Waals surface area contributed by atoms with Gasteiger partial charge in [-0.3, -0.25) is 0 Å². The van der Waals surface area contributed by atoms with Gasteiger partial charge in [0, 0.05) is 5.54 Å². The number of aliphatic hydroxyl groups excluding tert-OH is 1. The van der Waals surface area contributed by atoms with Crippen LogP contribution < -0.4 is 5.73 Å². The fraction of sp³-hybridized carbons (Fsp3) is 1.00. The highest BCUT2D eigenvalue weighted by Crippen LogP contribution is 2.53.